The van der Waals surface area contributed by atoms with Crippen LogP contribution in [0.3, 0.4) is 0 Å². The van der Waals surface area contributed by atoms with E-state index in [4.69, 9.17) is 15.2 Å². The van der Waals surface area contributed by atoms with Gasteiger partial charge < -0.3 is 15.2 Å². The van der Waals surface area contributed by atoms with Crippen LogP contribution in [-0.4, -0.2) is 21.1 Å². The van der Waals surface area contributed by atoms with Crippen molar-refractivity contribution < 1.29 is 19.2 Å². The third-order valence-electron chi connectivity index (χ3n) is 5.43. The molecule has 3 N–H and O–H groups in total. The fraction of sp³-hybridized carbons (Fsp3) is 0.0417. The lowest BCUT2D eigenvalue weighted by atomic mass is 9.83. The van der Waals surface area contributed by atoms with Crippen molar-refractivity contribution in [2.75, 3.05) is 0 Å². The lowest BCUT2D eigenvalue weighted by Crippen LogP contribution is -2.21. The number of nitrogens with zero attached hydrogens (tertiary/aromatic N) is 3. The van der Waals surface area contributed by atoms with E-state index < -0.39 is 16.8 Å². The molecule has 35 heavy (non-hydrogen) atoms. The third-order valence-corrected chi connectivity index (χ3v) is 6.28. The van der Waals surface area contributed by atoms with Gasteiger partial charge >= 0.3 is 5.97 Å². The number of hydrogen-bond acceptors (Lipinski definition) is 9. The summed E-state index contributed by atoms with van der Waals surface area (Å²) in [7, 11) is 0. The Bertz CT molecular complexity index is 1520. The Labute approximate surface area is 202 Å². The van der Waals surface area contributed by atoms with E-state index in [2.05, 4.69) is 16.3 Å². The summed E-state index contributed by atoms with van der Waals surface area (Å²) >= 11 is 1.28. The van der Waals surface area contributed by atoms with Crippen LogP contribution in [0.25, 0.3) is 11.3 Å². The van der Waals surface area contributed by atoms with E-state index in [1.54, 1.807) is 53.9 Å². The van der Waals surface area contributed by atoms with Crippen molar-refractivity contribution in [1.82, 2.24) is 10.2 Å². The zero-order chi connectivity index (χ0) is 24.5. The monoisotopic (exact) mass is 485 g/mol. The van der Waals surface area contributed by atoms with Gasteiger partial charge in [-0.3, -0.25) is 15.2 Å². The highest BCUT2D eigenvalue weighted by Gasteiger charge is 2.35. The van der Waals surface area contributed by atoms with Crippen molar-refractivity contribution in [2.45, 2.75) is 5.92 Å². The van der Waals surface area contributed by atoms with Crippen molar-refractivity contribution in [3.8, 4) is 29.0 Å². The van der Waals surface area contributed by atoms with E-state index in [1.165, 1.54) is 23.5 Å². The molecular formula is C24H15N5O5S. The fourth-order valence-electron chi connectivity index (χ4n) is 3.85. The molecule has 1 aliphatic rings. The Hall–Kier alpha value is -4.95. The number of non-ortho nitro benzene ring substituents is 1. The number of benzene rings is 2. The molecule has 0 aliphatic carbocycles. The van der Waals surface area contributed by atoms with E-state index in [1.807, 2.05) is 0 Å². The first-order valence-corrected chi connectivity index (χ1v) is 11.1. The van der Waals surface area contributed by atoms with E-state index >= 15 is 0 Å². The molecule has 4 aromatic rings. The number of esters is 1. The van der Waals surface area contributed by atoms with Crippen LogP contribution in [-0.2, 0) is 0 Å². The van der Waals surface area contributed by atoms with E-state index in [0.29, 0.717) is 33.0 Å². The number of thiophene rings is 1. The SMILES string of the molecule is N#CC1=C(N)Oc2n[nH]c(-c3cccc([N+](=O)[O-])c3)c2[C@@H]1c1ccc(OC(=O)c2cccs2)cc1. The molecule has 172 valence electrons. The molecule has 2 aromatic heterocycles. The molecule has 0 fully saturated rings. The second-order valence-electron chi connectivity index (χ2n) is 7.49. The average molecular weight is 485 g/mol. The molecule has 0 amide bonds. The van der Waals surface area contributed by atoms with Gasteiger partial charge in [-0.05, 0) is 29.1 Å². The second kappa shape index (κ2) is 8.77. The van der Waals surface area contributed by atoms with E-state index in [9.17, 15) is 20.2 Å². The molecule has 0 spiro atoms. The van der Waals surface area contributed by atoms with Gasteiger partial charge in [0.15, 0.2) is 0 Å². The maximum absolute atomic E-state index is 12.3. The number of nitro benzene ring substituents is 1. The lowest BCUT2D eigenvalue weighted by molar-refractivity contribution is -0.384. The second-order valence-corrected chi connectivity index (χ2v) is 8.43. The van der Waals surface area contributed by atoms with E-state index in [-0.39, 0.29) is 23.0 Å². The number of fused-ring (bicyclic) bond motifs is 1. The number of carbonyl (C=O) groups excluding carboxylic acids is 1. The summed E-state index contributed by atoms with van der Waals surface area (Å²) in [6, 6.07) is 18.2. The molecule has 1 atom stereocenters. The van der Waals surface area contributed by atoms with Gasteiger partial charge in [-0.1, -0.05) is 30.3 Å². The highest BCUT2D eigenvalue weighted by molar-refractivity contribution is 7.12. The van der Waals surface area contributed by atoms with Gasteiger partial charge in [0.2, 0.25) is 11.8 Å². The van der Waals surface area contributed by atoms with Gasteiger partial charge in [0, 0.05) is 17.7 Å². The van der Waals surface area contributed by atoms with Gasteiger partial charge in [-0.2, -0.15) is 5.26 Å². The molecule has 0 unspecified atom stereocenters. The Balaban J connectivity index is 1.55. The van der Waals surface area contributed by atoms with Crippen molar-refractivity contribution in [3.05, 3.63) is 104 Å². The molecule has 5 rings (SSSR count). The lowest BCUT2D eigenvalue weighted by Gasteiger charge is -2.24. The van der Waals surface area contributed by atoms with Crippen molar-refractivity contribution in [3.63, 3.8) is 0 Å². The van der Waals surface area contributed by atoms with E-state index in [0.717, 1.165) is 0 Å². The molecule has 0 bridgehead atoms. The zero-order valence-corrected chi connectivity index (χ0v) is 18.6. The number of rotatable bonds is 5. The number of H-pyrrole nitrogens is 1. The van der Waals surface area contributed by atoms with Crippen molar-refractivity contribution in [2.24, 2.45) is 5.73 Å². The van der Waals surface area contributed by atoms with Gasteiger partial charge in [0.05, 0.1) is 22.1 Å². The standard InChI is InChI=1S/C24H15N5O5S/c25-12-17-19(13-6-8-16(9-7-13)33-24(30)18-5-2-10-35-18)20-21(27-28-23(20)34-22(17)26)14-3-1-4-15(11-14)29(31)32/h1-11,19H,26H2,(H,27,28)/t19-/m1/s1. The summed E-state index contributed by atoms with van der Waals surface area (Å²) in [6.07, 6.45) is 0. The average Bonchev–Trinajstić information content (AvgIpc) is 3.54. The highest BCUT2D eigenvalue weighted by atomic mass is 32.1. The first-order chi connectivity index (χ1) is 17.0. The van der Waals surface area contributed by atoms with Crippen LogP contribution in [0, 0.1) is 21.4 Å². The van der Waals surface area contributed by atoms with Crippen LogP contribution < -0.4 is 15.2 Å². The zero-order valence-electron chi connectivity index (χ0n) is 17.8. The summed E-state index contributed by atoms with van der Waals surface area (Å²) in [6.45, 7) is 0. The minimum Gasteiger partial charge on any atom is -0.422 e. The van der Waals surface area contributed by atoms with Crippen LogP contribution in [0.15, 0.2) is 77.5 Å². The summed E-state index contributed by atoms with van der Waals surface area (Å²) in [5, 5.41) is 30.0. The molecular weight excluding hydrogens is 470 g/mol. The normalized spacial score (nSPS) is 14.5. The van der Waals surface area contributed by atoms with Gasteiger partial charge in [-0.15, -0.1) is 16.4 Å². The third kappa shape index (κ3) is 3.98. The predicted molar refractivity (Wildman–Crippen MR) is 126 cm³/mol. The largest absolute Gasteiger partial charge is 0.422 e. The summed E-state index contributed by atoms with van der Waals surface area (Å²) < 4.78 is 11.0. The maximum atomic E-state index is 12.3. The number of ether oxygens (including phenoxy) is 2. The molecule has 10 nitrogen and oxygen atoms in total. The van der Waals surface area contributed by atoms with Crippen LogP contribution >= 0.6 is 11.3 Å². The van der Waals surface area contributed by atoms with Crippen LogP contribution in [0.4, 0.5) is 5.69 Å². The summed E-state index contributed by atoms with van der Waals surface area (Å²) in [5.74, 6) is -0.720. The number of aromatic amines is 1. The number of nitrogens with one attached hydrogen (secondary N) is 1. The fourth-order valence-corrected chi connectivity index (χ4v) is 4.45. The number of nitriles is 1. The Morgan fingerprint density at radius 1 is 1.23 bits per heavy atom. The summed E-state index contributed by atoms with van der Waals surface area (Å²) in [4.78, 5) is 23.5. The van der Waals surface area contributed by atoms with Crippen LogP contribution in [0.5, 0.6) is 11.6 Å². The number of nitro groups is 1. The number of allylic oxidation sites excluding steroid dienone is 1. The Kier molecular flexibility index (Phi) is 5.48. The number of hydrogen-bond donors (Lipinski definition) is 2. The molecule has 1 aliphatic heterocycles. The number of nitrogens with two attached hydrogens (primary N) is 1. The molecule has 2 aromatic carbocycles. The Morgan fingerprint density at radius 2 is 2.03 bits per heavy atom. The van der Waals surface area contributed by atoms with Gasteiger partial charge in [-0.25, -0.2) is 4.79 Å². The number of aromatic nitrogens is 2. The summed E-state index contributed by atoms with van der Waals surface area (Å²) in [5.41, 5.74) is 8.23. The molecule has 0 radical (unpaired) electrons. The molecule has 11 heteroatoms. The molecule has 3 heterocycles. The molecule has 0 saturated carbocycles. The minimum atomic E-state index is -0.668. The maximum Gasteiger partial charge on any atom is 0.353 e. The topological polar surface area (TPSA) is 157 Å². The molecule has 0 saturated heterocycles. The minimum absolute atomic E-state index is 0.0877. The quantitative estimate of drug-likeness (QED) is 0.181. The van der Waals surface area contributed by atoms with Gasteiger partial charge in [0.1, 0.15) is 22.3 Å². The first-order valence-electron chi connectivity index (χ1n) is 10.2. The van der Waals surface area contributed by atoms with Gasteiger partial charge in [0.25, 0.3) is 5.69 Å². The van der Waals surface area contributed by atoms with Crippen LogP contribution in [0.1, 0.15) is 26.7 Å². The smallest absolute Gasteiger partial charge is 0.353 e. The van der Waals surface area contributed by atoms with Crippen LogP contribution in [0.2, 0.25) is 0 Å². The van der Waals surface area contributed by atoms with Crippen molar-refractivity contribution in [1.29, 1.82) is 5.26 Å². The number of carbonyl (C=O) groups is 1. The highest BCUT2D eigenvalue weighted by Crippen LogP contribution is 2.46. The Morgan fingerprint density at radius 3 is 2.71 bits per heavy atom. The predicted octanol–water partition coefficient (Wildman–Crippen LogP) is 4.48. The first kappa shape index (κ1) is 21.9. The van der Waals surface area contributed by atoms with Crippen molar-refractivity contribution >= 4 is 23.0 Å².